The molecule has 5 heteroatoms. The molecule has 1 saturated heterocycles. The number of thiazole rings is 1. The van der Waals surface area contributed by atoms with Crippen LogP contribution < -0.4 is 5.73 Å². The van der Waals surface area contributed by atoms with Gasteiger partial charge in [0.1, 0.15) is 0 Å². The van der Waals surface area contributed by atoms with Crippen LogP contribution in [-0.4, -0.2) is 28.9 Å². The van der Waals surface area contributed by atoms with Crippen molar-refractivity contribution in [1.82, 2.24) is 9.88 Å². The molecular formula is C18H23N3OS. The number of carbonyl (C=O) groups excluding carboxylic acids is 1. The monoisotopic (exact) mass is 329 g/mol. The molecule has 0 aliphatic carbocycles. The van der Waals surface area contributed by atoms with Gasteiger partial charge in [-0.2, -0.15) is 0 Å². The largest absolute Gasteiger partial charge is 0.375 e. The van der Waals surface area contributed by atoms with Gasteiger partial charge >= 0.3 is 0 Å². The van der Waals surface area contributed by atoms with Crippen LogP contribution in [0.4, 0.5) is 5.13 Å². The summed E-state index contributed by atoms with van der Waals surface area (Å²) in [5.41, 5.74) is 9.24. The van der Waals surface area contributed by atoms with Crippen LogP contribution in [-0.2, 0) is 11.2 Å². The Hall–Kier alpha value is -1.88. The zero-order chi connectivity index (χ0) is 16.4. The molecule has 1 amide bonds. The lowest BCUT2D eigenvalue weighted by Gasteiger charge is -2.33. The van der Waals surface area contributed by atoms with Crippen molar-refractivity contribution in [2.24, 2.45) is 0 Å². The molecular weight excluding hydrogens is 306 g/mol. The van der Waals surface area contributed by atoms with Gasteiger partial charge in [0.25, 0.3) is 0 Å². The molecule has 1 aliphatic heterocycles. The molecule has 0 saturated carbocycles. The molecule has 0 radical (unpaired) electrons. The lowest BCUT2D eigenvalue weighted by molar-refractivity contribution is -0.131. The number of carbonyl (C=O) groups is 1. The summed E-state index contributed by atoms with van der Waals surface area (Å²) >= 11 is 1.42. The Bertz CT molecular complexity index is 710. The molecule has 1 aromatic carbocycles. The van der Waals surface area contributed by atoms with Gasteiger partial charge in [-0.25, -0.2) is 4.98 Å². The molecule has 4 nitrogen and oxygen atoms in total. The van der Waals surface area contributed by atoms with E-state index in [1.54, 1.807) is 0 Å². The van der Waals surface area contributed by atoms with Crippen molar-refractivity contribution in [2.75, 3.05) is 18.8 Å². The molecule has 1 aromatic heterocycles. The summed E-state index contributed by atoms with van der Waals surface area (Å²) in [5, 5.41) is 0.543. The van der Waals surface area contributed by atoms with E-state index in [4.69, 9.17) is 5.73 Å². The number of hydrogen-bond acceptors (Lipinski definition) is 4. The maximum Gasteiger partial charge on any atom is 0.227 e. The number of nitrogens with two attached hydrogens (primary N) is 1. The predicted octanol–water partition coefficient (Wildman–Crippen LogP) is 3.29. The van der Waals surface area contributed by atoms with Crippen LogP contribution in [0.3, 0.4) is 0 Å². The van der Waals surface area contributed by atoms with E-state index < -0.39 is 0 Å². The quantitative estimate of drug-likeness (QED) is 0.940. The van der Waals surface area contributed by atoms with Crippen molar-refractivity contribution >= 4 is 22.4 Å². The van der Waals surface area contributed by atoms with Crippen LogP contribution in [0.5, 0.6) is 0 Å². The van der Waals surface area contributed by atoms with Crippen molar-refractivity contribution < 1.29 is 4.79 Å². The fourth-order valence-electron chi connectivity index (χ4n) is 3.26. The first kappa shape index (κ1) is 16.0. The first-order valence-electron chi connectivity index (χ1n) is 8.09. The van der Waals surface area contributed by atoms with Gasteiger partial charge in [-0.05, 0) is 32.3 Å². The van der Waals surface area contributed by atoms with E-state index in [1.165, 1.54) is 22.5 Å². The van der Waals surface area contributed by atoms with Crippen LogP contribution in [0.2, 0.25) is 0 Å². The smallest absolute Gasteiger partial charge is 0.227 e. The van der Waals surface area contributed by atoms with E-state index in [2.05, 4.69) is 36.2 Å². The number of amides is 1. The molecule has 122 valence electrons. The van der Waals surface area contributed by atoms with E-state index in [0.717, 1.165) is 36.5 Å². The maximum atomic E-state index is 12.6. The Morgan fingerprint density at radius 1 is 1.43 bits per heavy atom. The topological polar surface area (TPSA) is 59.2 Å². The molecule has 1 aliphatic rings. The molecule has 1 fully saturated rings. The number of hydrogen-bond donors (Lipinski definition) is 1. The highest BCUT2D eigenvalue weighted by Gasteiger charge is 2.25. The summed E-state index contributed by atoms with van der Waals surface area (Å²) in [5.74, 6) is 0.634. The van der Waals surface area contributed by atoms with Crippen molar-refractivity contribution in [1.29, 1.82) is 0 Å². The lowest BCUT2D eigenvalue weighted by Crippen LogP contribution is -2.39. The highest BCUT2D eigenvalue weighted by molar-refractivity contribution is 7.15. The predicted molar refractivity (Wildman–Crippen MR) is 94.7 cm³/mol. The standard InChI is InChI=1S/C18H23N3OS/c1-12-5-3-6-14(9-12)15-7-4-8-21(11-15)17(22)10-16-13(2)20-18(19)23-16/h3,5-6,9,15H,4,7-8,10-11H2,1-2H3,(H2,19,20)/t15-/m1/s1. The number of aryl methyl sites for hydroxylation is 2. The van der Waals surface area contributed by atoms with Gasteiger partial charge in [0, 0.05) is 23.9 Å². The summed E-state index contributed by atoms with van der Waals surface area (Å²) in [6.45, 7) is 5.71. The summed E-state index contributed by atoms with van der Waals surface area (Å²) < 4.78 is 0. The normalized spacial score (nSPS) is 18.2. The third kappa shape index (κ3) is 3.72. The molecule has 2 heterocycles. The molecule has 0 spiro atoms. The molecule has 3 rings (SSSR count). The van der Waals surface area contributed by atoms with Crippen LogP contribution in [0.1, 0.15) is 40.5 Å². The Kier molecular flexibility index (Phi) is 4.66. The second-order valence-electron chi connectivity index (χ2n) is 6.33. The number of likely N-dealkylation sites (tertiary alicyclic amines) is 1. The lowest BCUT2D eigenvalue weighted by atomic mass is 9.89. The SMILES string of the molecule is Cc1cccc([C@@H]2CCCN(C(=O)Cc3sc(N)nc3C)C2)c1. The van der Waals surface area contributed by atoms with Crippen LogP contribution in [0.25, 0.3) is 0 Å². The minimum atomic E-state index is 0.189. The minimum absolute atomic E-state index is 0.189. The molecule has 1 atom stereocenters. The maximum absolute atomic E-state index is 12.6. The third-order valence-electron chi connectivity index (χ3n) is 4.51. The van der Waals surface area contributed by atoms with Crippen LogP contribution in [0.15, 0.2) is 24.3 Å². The first-order chi connectivity index (χ1) is 11.0. The molecule has 23 heavy (non-hydrogen) atoms. The van der Waals surface area contributed by atoms with Crippen LogP contribution >= 0.6 is 11.3 Å². The molecule has 2 N–H and O–H groups in total. The summed E-state index contributed by atoms with van der Waals surface area (Å²) in [4.78, 5) is 19.8. The van der Waals surface area contributed by atoms with Gasteiger partial charge in [-0.3, -0.25) is 4.79 Å². The highest BCUT2D eigenvalue weighted by Crippen LogP contribution is 2.28. The number of benzene rings is 1. The van der Waals surface area contributed by atoms with E-state index in [0.29, 0.717) is 17.5 Å². The number of piperidine rings is 1. The second-order valence-corrected chi connectivity index (χ2v) is 7.45. The van der Waals surface area contributed by atoms with Crippen molar-refractivity contribution in [3.8, 4) is 0 Å². The van der Waals surface area contributed by atoms with Gasteiger partial charge in [0.05, 0.1) is 12.1 Å². The molecule has 2 aromatic rings. The van der Waals surface area contributed by atoms with Gasteiger partial charge < -0.3 is 10.6 Å². The van der Waals surface area contributed by atoms with Gasteiger partial charge in [-0.1, -0.05) is 29.8 Å². The van der Waals surface area contributed by atoms with Crippen molar-refractivity contribution in [3.05, 3.63) is 46.0 Å². The molecule has 0 bridgehead atoms. The van der Waals surface area contributed by atoms with Gasteiger partial charge in [0.2, 0.25) is 5.91 Å². The average molecular weight is 329 g/mol. The number of anilines is 1. The van der Waals surface area contributed by atoms with Crippen molar-refractivity contribution in [3.63, 3.8) is 0 Å². The number of nitrogen functional groups attached to an aromatic ring is 1. The minimum Gasteiger partial charge on any atom is -0.375 e. The fraction of sp³-hybridized carbons (Fsp3) is 0.444. The zero-order valence-electron chi connectivity index (χ0n) is 13.7. The van der Waals surface area contributed by atoms with Crippen molar-refractivity contribution in [2.45, 2.75) is 39.0 Å². The Balaban J connectivity index is 1.68. The Morgan fingerprint density at radius 2 is 2.26 bits per heavy atom. The Labute approximate surface area is 141 Å². The Morgan fingerprint density at radius 3 is 2.96 bits per heavy atom. The summed E-state index contributed by atoms with van der Waals surface area (Å²) in [6.07, 6.45) is 2.63. The van der Waals surface area contributed by atoms with E-state index in [-0.39, 0.29) is 5.91 Å². The van der Waals surface area contributed by atoms with E-state index in [1.807, 2.05) is 11.8 Å². The summed E-state index contributed by atoms with van der Waals surface area (Å²) in [6, 6.07) is 8.65. The molecule has 0 unspecified atom stereocenters. The number of nitrogens with zero attached hydrogens (tertiary/aromatic N) is 2. The number of rotatable bonds is 3. The highest BCUT2D eigenvalue weighted by atomic mass is 32.1. The van der Waals surface area contributed by atoms with Crippen LogP contribution in [0, 0.1) is 13.8 Å². The second kappa shape index (κ2) is 6.71. The first-order valence-corrected chi connectivity index (χ1v) is 8.90. The average Bonchev–Trinajstić information content (AvgIpc) is 2.85. The summed E-state index contributed by atoms with van der Waals surface area (Å²) in [7, 11) is 0. The van der Waals surface area contributed by atoms with Gasteiger partial charge in [-0.15, -0.1) is 11.3 Å². The fourth-order valence-corrected chi connectivity index (χ4v) is 4.09. The van der Waals surface area contributed by atoms with Gasteiger partial charge in [0.15, 0.2) is 5.13 Å². The number of aromatic nitrogens is 1. The van der Waals surface area contributed by atoms with E-state index in [9.17, 15) is 4.79 Å². The third-order valence-corrected chi connectivity index (χ3v) is 5.50. The van der Waals surface area contributed by atoms with E-state index >= 15 is 0 Å². The zero-order valence-corrected chi connectivity index (χ0v) is 14.5.